The third-order valence-corrected chi connectivity index (χ3v) is 4.44. The quantitative estimate of drug-likeness (QED) is 0.781. The van der Waals surface area contributed by atoms with Gasteiger partial charge >= 0.3 is 0 Å². The molecule has 108 valence electrons. The van der Waals surface area contributed by atoms with E-state index < -0.39 is 0 Å². The van der Waals surface area contributed by atoms with E-state index in [-0.39, 0.29) is 0 Å². The zero-order valence-electron chi connectivity index (χ0n) is 12.3. The van der Waals surface area contributed by atoms with E-state index in [1.165, 1.54) is 5.56 Å². The number of fused-ring (bicyclic) bond motifs is 1. The Kier molecular flexibility index (Phi) is 3.68. The number of rotatable bonds is 3. The lowest BCUT2D eigenvalue weighted by Gasteiger charge is -2.08. The summed E-state index contributed by atoms with van der Waals surface area (Å²) < 4.78 is 2.93. The van der Waals surface area contributed by atoms with Crippen LogP contribution < -0.4 is 5.32 Å². The monoisotopic (exact) mass is 344 g/mol. The summed E-state index contributed by atoms with van der Waals surface area (Å²) in [5, 5.41) is 8.93. The predicted molar refractivity (Wildman–Crippen MR) is 89.5 cm³/mol. The highest BCUT2D eigenvalue weighted by Crippen LogP contribution is 2.22. The molecule has 5 heteroatoms. The molecule has 0 fully saturated rings. The lowest BCUT2D eigenvalue weighted by Crippen LogP contribution is -2.00. The van der Waals surface area contributed by atoms with Gasteiger partial charge < -0.3 is 5.32 Å². The number of anilines is 1. The van der Waals surface area contributed by atoms with E-state index in [2.05, 4.69) is 62.5 Å². The molecule has 21 heavy (non-hydrogen) atoms. The van der Waals surface area contributed by atoms with E-state index >= 15 is 0 Å². The van der Waals surface area contributed by atoms with Gasteiger partial charge in [-0.3, -0.25) is 4.68 Å². The van der Waals surface area contributed by atoms with Crippen LogP contribution in [0.4, 0.5) is 5.69 Å². The van der Waals surface area contributed by atoms with Gasteiger partial charge in [0.2, 0.25) is 0 Å². The number of pyridine rings is 1. The Morgan fingerprint density at radius 1 is 1.24 bits per heavy atom. The van der Waals surface area contributed by atoms with Crippen LogP contribution in [0.1, 0.15) is 16.8 Å². The first-order valence-corrected chi connectivity index (χ1v) is 7.62. The van der Waals surface area contributed by atoms with E-state index in [0.29, 0.717) is 0 Å². The summed E-state index contributed by atoms with van der Waals surface area (Å²) in [6, 6.07) is 8.43. The molecule has 3 aromatic rings. The van der Waals surface area contributed by atoms with Crippen molar-refractivity contribution in [3.8, 4) is 0 Å². The van der Waals surface area contributed by atoms with Gasteiger partial charge in [0.25, 0.3) is 0 Å². The molecule has 0 radical (unpaired) electrons. The summed E-state index contributed by atoms with van der Waals surface area (Å²) in [4.78, 5) is 4.50. The molecule has 0 amide bonds. The Bertz CT molecular complexity index is 807. The molecule has 0 aliphatic carbocycles. The van der Waals surface area contributed by atoms with Gasteiger partial charge in [-0.25, -0.2) is 4.98 Å². The highest BCUT2D eigenvalue weighted by molar-refractivity contribution is 9.10. The van der Waals surface area contributed by atoms with E-state index in [9.17, 15) is 0 Å². The van der Waals surface area contributed by atoms with E-state index in [1.54, 1.807) is 0 Å². The zero-order valence-corrected chi connectivity index (χ0v) is 13.9. The van der Waals surface area contributed by atoms with Gasteiger partial charge in [-0.05, 0) is 43.2 Å². The Hall–Kier alpha value is -1.88. The third-order valence-electron chi connectivity index (χ3n) is 3.59. The van der Waals surface area contributed by atoms with Crippen LogP contribution in [0.25, 0.3) is 11.0 Å². The van der Waals surface area contributed by atoms with Crippen LogP contribution in [0.3, 0.4) is 0 Å². The van der Waals surface area contributed by atoms with Crippen molar-refractivity contribution in [2.24, 2.45) is 7.05 Å². The molecule has 0 aliphatic heterocycles. The van der Waals surface area contributed by atoms with Crippen molar-refractivity contribution in [2.45, 2.75) is 20.4 Å². The fourth-order valence-corrected chi connectivity index (χ4v) is 2.73. The Labute approximate surface area is 132 Å². The highest BCUT2D eigenvalue weighted by atomic mass is 79.9. The third kappa shape index (κ3) is 2.78. The average Bonchev–Trinajstić information content (AvgIpc) is 2.75. The van der Waals surface area contributed by atoms with E-state index in [4.69, 9.17) is 0 Å². The topological polar surface area (TPSA) is 42.7 Å². The predicted octanol–water partition coefficient (Wildman–Crippen LogP) is 3.96. The standard InChI is InChI=1S/C16H17BrN4/c1-10-4-5-13(7-15(10)17)18-8-12-6-14-11(2)20-21(3)16(14)19-9-12/h4-7,9,18H,8H2,1-3H3. The Morgan fingerprint density at radius 3 is 2.81 bits per heavy atom. The summed E-state index contributed by atoms with van der Waals surface area (Å²) in [7, 11) is 1.92. The molecule has 2 aromatic heterocycles. The number of halogens is 1. The molecule has 1 N–H and O–H groups in total. The summed E-state index contributed by atoms with van der Waals surface area (Å²) in [5.74, 6) is 0. The second kappa shape index (κ2) is 5.48. The van der Waals surface area contributed by atoms with Gasteiger partial charge in [0.15, 0.2) is 5.65 Å². The van der Waals surface area contributed by atoms with Gasteiger partial charge in [0, 0.05) is 35.3 Å². The first-order valence-electron chi connectivity index (χ1n) is 6.83. The number of aromatic nitrogens is 3. The normalized spacial score (nSPS) is 11.0. The maximum absolute atomic E-state index is 4.50. The molecular formula is C16H17BrN4. The largest absolute Gasteiger partial charge is 0.381 e. The van der Waals surface area contributed by atoms with Crippen LogP contribution in [-0.4, -0.2) is 14.8 Å². The van der Waals surface area contributed by atoms with Crippen molar-refractivity contribution in [1.82, 2.24) is 14.8 Å². The van der Waals surface area contributed by atoms with Crippen molar-refractivity contribution in [1.29, 1.82) is 0 Å². The zero-order chi connectivity index (χ0) is 15.0. The van der Waals surface area contributed by atoms with Crippen LogP contribution in [0.2, 0.25) is 0 Å². The lowest BCUT2D eigenvalue weighted by atomic mass is 10.2. The lowest BCUT2D eigenvalue weighted by molar-refractivity contribution is 0.773. The van der Waals surface area contributed by atoms with Gasteiger partial charge in [0.1, 0.15) is 0 Å². The number of hydrogen-bond acceptors (Lipinski definition) is 3. The second-order valence-electron chi connectivity index (χ2n) is 5.24. The summed E-state index contributed by atoms with van der Waals surface area (Å²) in [6.45, 7) is 4.84. The molecule has 1 aromatic carbocycles. The molecule has 0 unspecified atom stereocenters. The molecule has 4 nitrogen and oxygen atoms in total. The molecule has 3 rings (SSSR count). The van der Waals surface area contributed by atoms with Gasteiger partial charge in [0.05, 0.1) is 5.69 Å². The van der Waals surface area contributed by atoms with Gasteiger partial charge in [-0.15, -0.1) is 0 Å². The molecule has 0 saturated carbocycles. The van der Waals surface area contributed by atoms with Crippen LogP contribution in [0, 0.1) is 13.8 Å². The number of nitrogens with one attached hydrogen (secondary N) is 1. The molecule has 0 spiro atoms. The summed E-state index contributed by atoms with van der Waals surface area (Å²) >= 11 is 3.55. The van der Waals surface area contributed by atoms with Crippen LogP contribution >= 0.6 is 15.9 Å². The molecule has 0 bridgehead atoms. The first-order chi connectivity index (χ1) is 10.0. The van der Waals surface area contributed by atoms with Gasteiger partial charge in [-0.2, -0.15) is 5.10 Å². The minimum Gasteiger partial charge on any atom is -0.381 e. The molecule has 0 aliphatic rings. The summed E-state index contributed by atoms with van der Waals surface area (Å²) in [5.41, 5.74) is 5.41. The fourth-order valence-electron chi connectivity index (χ4n) is 2.35. The average molecular weight is 345 g/mol. The Balaban J connectivity index is 1.81. The second-order valence-corrected chi connectivity index (χ2v) is 6.10. The molecule has 0 atom stereocenters. The Morgan fingerprint density at radius 2 is 2.05 bits per heavy atom. The molecule has 2 heterocycles. The van der Waals surface area contributed by atoms with Crippen molar-refractivity contribution >= 4 is 32.7 Å². The van der Waals surface area contributed by atoms with Crippen LogP contribution in [0.5, 0.6) is 0 Å². The van der Waals surface area contributed by atoms with Crippen LogP contribution in [0.15, 0.2) is 34.9 Å². The van der Waals surface area contributed by atoms with Gasteiger partial charge in [-0.1, -0.05) is 22.0 Å². The smallest absolute Gasteiger partial charge is 0.157 e. The maximum Gasteiger partial charge on any atom is 0.157 e. The maximum atomic E-state index is 4.50. The molecule has 0 saturated heterocycles. The van der Waals surface area contributed by atoms with Crippen molar-refractivity contribution < 1.29 is 0 Å². The van der Waals surface area contributed by atoms with E-state index in [0.717, 1.165) is 39.0 Å². The van der Waals surface area contributed by atoms with Crippen LogP contribution in [-0.2, 0) is 13.6 Å². The van der Waals surface area contributed by atoms with Crippen molar-refractivity contribution in [3.05, 3.63) is 51.8 Å². The first kappa shape index (κ1) is 14.1. The minimum absolute atomic E-state index is 0.743. The highest BCUT2D eigenvalue weighted by Gasteiger charge is 2.07. The number of aryl methyl sites for hydroxylation is 3. The minimum atomic E-state index is 0.743. The van der Waals surface area contributed by atoms with E-state index in [1.807, 2.05) is 24.9 Å². The SMILES string of the molecule is Cc1ccc(NCc2cnc3c(c2)c(C)nn3C)cc1Br. The number of nitrogens with zero attached hydrogens (tertiary/aromatic N) is 3. The number of benzene rings is 1. The fraction of sp³-hybridized carbons (Fsp3) is 0.250. The summed E-state index contributed by atoms with van der Waals surface area (Å²) in [6.07, 6.45) is 1.90. The molecular weight excluding hydrogens is 328 g/mol. The number of hydrogen-bond donors (Lipinski definition) is 1. The van der Waals surface area contributed by atoms with Crippen molar-refractivity contribution in [2.75, 3.05) is 5.32 Å². The van der Waals surface area contributed by atoms with Crippen molar-refractivity contribution in [3.63, 3.8) is 0 Å².